The number of hydrogen-bond acceptors (Lipinski definition) is 6. The molecule has 1 aromatic carbocycles. The Hall–Kier alpha value is -2.22. The zero-order valence-corrected chi connectivity index (χ0v) is 17.2. The molecule has 3 aromatic rings. The number of carbonyl (C=O) groups is 3. The van der Waals surface area contributed by atoms with Crippen LogP contribution in [0.3, 0.4) is 0 Å². The third kappa shape index (κ3) is 3.63. The van der Waals surface area contributed by atoms with Gasteiger partial charge in [-0.15, -0.1) is 22.7 Å². The third-order valence-electron chi connectivity index (χ3n) is 3.91. The highest BCUT2D eigenvalue weighted by Gasteiger charge is 2.26. The maximum absolute atomic E-state index is 12.8. The lowest BCUT2D eigenvalue weighted by molar-refractivity contribution is 0.0527. The first-order valence-electron chi connectivity index (χ1n) is 8.15. The molecule has 0 radical (unpaired) electrons. The Balaban J connectivity index is 2.02. The number of Topliss-reactive ketones (excluding diaryl/α,β-unsaturated/α-hetero) is 1. The smallest absolute Gasteiger partial charge is 0.341 e. The summed E-state index contributed by atoms with van der Waals surface area (Å²) in [6.45, 7) is 4.98. The van der Waals surface area contributed by atoms with Crippen molar-refractivity contribution in [2.24, 2.45) is 0 Å². The summed E-state index contributed by atoms with van der Waals surface area (Å²) >= 11 is 8.70. The molecule has 0 saturated heterocycles. The summed E-state index contributed by atoms with van der Waals surface area (Å²) in [6, 6.07) is 7.45. The average molecular weight is 422 g/mol. The van der Waals surface area contributed by atoms with Gasteiger partial charge in [0.1, 0.15) is 9.88 Å². The Morgan fingerprint density at radius 3 is 2.48 bits per heavy atom. The minimum atomic E-state index is -0.573. The van der Waals surface area contributed by atoms with Crippen LogP contribution in [0, 0.1) is 6.92 Å². The fourth-order valence-electron chi connectivity index (χ4n) is 2.71. The summed E-state index contributed by atoms with van der Waals surface area (Å²) in [4.78, 5) is 37.8. The van der Waals surface area contributed by atoms with Crippen LogP contribution in [-0.4, -0.2) is 24.3 Å². The Labute approximate surface area is 168 Å². The van der Waals surface area contributed by atoms with Gasteiger partial charge in [0.2, 0.25) is 0 Å². The molecule has 0 atom stereocenters. The summed E-state index contributed by atoms with van der Waals surface area (Å²) in [6.07, 6.45) is 0. The monoisotopic (exact) mass is 421 g/mol. The van der Waals surface area contributed by atoms with E-state index in [1.54, 1.807) is 13.8 Å². The molecule has 8 heteroatoms. The number of ketones is 1. The lowest BCUT2D eigenvalue weighted by atomic mass is 10.1. The highest BCUT2D eigenvalue weighted by Crippen LogP contribution is 2.38. The van der Waals surface area contributed by atoms with Gasteiger partial charge in [-0.25, -0.2) is 4.79 Å². The number of hydrogen-bond donors (Lipinski definition) is 1. The molecule has 0 aliphatic heterocycles. The van der Waals surface area contributed by atoms with E-state index in [-0.39, 0.29) is 23.0 Å². The van der Waals surface area contributed by atoms with Gasteiger partial charge in [0, 0.05) is 10.1 Å². The summed E-state index contributed by atoms with van der Waals surface area (Å²) in [7, 11) is 0. The molecule has 0 aliphatic rings. The number of benzene rings is 1. The maximum atomic E-state index is 12.8. The highest BCUT2D eigenvalue weighted by atomic mass is 35.5. The molecule has 0 saturated carbocycles. The number of thiophene rings is 2. The summed E-state index contributed by atoms with van der Waals surface area (Å²) in [5.74, 6) is -1.18. The van der Waals surface area contributed by atoms with E-state index < -0.39 is 11.9 Å². The first-order chi connectivity index (χ1) is 12.8. The van der Waals surface area contributed by atoms with Crippen LogP contribution in [0.1, 0.15) is 49.1 Å². The summed E-state index contributed by atoms with van der Waals surface area (Å²) in [5, 5.41) is 4.19. The summed E-state index contributed by atoms with van der Waals surface area (Å²) in [5.41, 5.74) is 0.710. The molecule has 0 bridgehead atoms. The first kappa shape index (κ1) is 19.5. The Bertz CT molecular complexity index is 1070. The van der Waals surface area contributed by atoms with Crippen molar-refractivity contribution >= 4 is 67.0 Å². The Morgan fingerprint density at radius 2 is 1.85 bits per heavy atom. The van der Waals surface area contributed by atoms with Gasteiger partial charge in [0.15, 0.2) is 5.78 Å². The van der Waals surface area contributed by atoms with Gasteiger partial charge in [-0.1, -0.05) is 29.8 Å². The topological polar surface area (TPSA) is 72.5 Å². The van der Waals surface area contributed by atoms with Crippen LogP contribution in [-0.2, 0) is 4.74 Å². The van der Waals surface area contributed by atoms with Crippen molar-refractivity contribution < 1.29 is 19.1 Å². The van der Waals surface area contributed by atoms with Crippen molar-refractivity contribution in [3.8, 4) is 0 Å². The number of rotatable bonds is 5. The van der Waals surface area contributed by atoms with E-state index in [1.165, 1.54) is 18.3 Å². The zero-order chi connectivity index (χ0) is 19.7. The molecule has 5 nitrogen and oxygen atoms in total. The number of fused-ring (bicyclic) bond motifs is 1. The van der Waals surface area contributed by atoms with Gasteiger partial charge in [-0.05, 0) is 32.4 Å². The van der Waals surface area contributed by atoms with Gasteiger partial charge < -0.3 is 10.1 Å². The van der Waals surface area contributed by atoms with E-state index in [1.807, 2.05) is 24.3 Å². The molecule has 2 aromatic heterocycles. The SMILES string of the molecule is CCOC(=O)c1c(NC(=O)c2sc3ccccc3c2Cl)sc(C(C)=O)c1C. The van der Waals surface area contributed by atoms with E-state index in [0.717, 1.165) is 21.4 Å². The Kier molecular flexibility index (Phi) is 5.64. The highest BCUT2D eigenvalue weighted by molar-refractivity contribution is 7.22. The molecule has 1 amide bonds. The molecule has 140 valence electrons. The van der Waals surface area contributed by atoms with Crippen molar-refractivity contribution in [3.63, 3.8) is 0 Å². The molecule has 0 spiro atoms. The van der Waals surface area contributed by atoms with Crippen LogP contribution >= 0.6 is 34.3 Å². The van der Waals surface area contributed by atoms with Gasteiger partial charge in [-0.3, -0.25) is 9.59 Å². The van der Waals surface area contributed by atoms with Crippen LogP contribution in [0.2, 0.25) is 5.02 Å². The molecule has 0 fully saturated rings. The van der Waals surface area contributed by atoms with Crippen LogP contribution in [0.4, 0.5) is 5.00 Å². The van der Waals surface area contributed by atoms with E-state index >= 15 is 0 Å². The van der Waals surface area contributed by atoms with Crippen LogP contribution in [0.15, 0.2) is 24.3 Å². The van der Waals surface area contributed by atoms with Crippen LogP contribution in [0.5, 0.6) is 0 Å². The number of ether oxygens (including phenoxy) is 1. The molecule has 2 heterocycles. The second kappa shape index (κ2) is 7.80. The zero-order valence-electron chi connectivity index (χ0n) is 14.8. The van der Waals surface area contributed by atoms with Crippen LogP contribution in [0.25, 0.3) is 10.1 Å². The third-order valence-corrected chi connectivity index (χ3v) is 6.90. The standard InChI is InChI=1S/C19H16ClNO4S2/c1-4-25-19(24)13-9(2)15(10(3)22)27-18(13)21-17(23)16-14(20)11-7-5-6-8-12(11)26-16/h5-8H,4H2,1-3H3,(H,21,23). The molecule has 1 N–H and O–H groups in total. The average Bonchev–Trinajstić information content (AvgIpc) is 3.13. The largest absolute Gasteiger partial charge is 0.462 e. The van der Waals surface area contributed by atoms with Crippen molar-refractivity contribution in [1.29, 1.82) is 0 Å². The van der Waals surface area contributed by atoms with Crippen LogP contribution < -0.4 is 5.32 Å². The maximum Gasteiger partial charge on any atom is 0.341 e. The first-order valence-corrected chi connectivity index (χ1v) is 10.2. The minimum absolute atomic E-state index is 0.177. The van der Waals surface area contributed by atoms with Gasteiger partial charge in [0.25, 0.3) is 5.91 Å². The number of amides is 1. The number of anilines is 1. The fraction of sp³-hybridized carbons (Fsp3) is 0.211. The fourth-order valence-corrected chi connectivity index (χ4v) is 5.20. The van der Waals surface area contributed by atoms with E-state index in [4.69, 9.17) is 16.3 Å². The number of esters is 1. The van der Waals surface area contributed by atoms with Crippen molar-refractivity contribution in [2.75, 3.05) is 11.9 Å². The molecule has 0 unspecified atom stereocenters. The quantitative estimate of drug-likeness (QED) is 0.432. The normalized spacial score (nSPS) is 10.8. The summed E-state index contributed by atoms with van der Waals surface area (Å²) < 4.78 is 5.98. The molecular weight excluding hydrogens is 406 g/mol. The molecular formula is C19H16ClNO4S2. The van der Waals surface area contributed by atoms with Crippen molar-refractivity contribution in [3.05, 3.63) is 50.2 Å². The van der Waals surface area contributed by atoms with Gasteiger partial charge in [0.05, 0.1) is 22.1 Å². The van der Waals surface area contributed by atoms with Gasteiger partial charge >= 0.3 is 5.97 Å². The predicted octanol–water partition coefficient (Wildman–Crippen LogP) is 5.56. The second-order valence-electron chi connectivity index (χ2n) is 5.73. The lowest BCUT2D eigenvalue weighted by Gasteiger charge is -2.06. The number of nitrogens with one attached hydrogen (secondary N) is 1. The van der Waals surface area contributed by atoms with Gasteiger partial charge in [-0.2, -0.15) is 0 Å². The number of carbonyl (C=O) groups excluding carboxylic acids is 3. The molecule has 0 aliphatic carbocycles. The molecule has 27 heavy (non-hydrogen) atoms. The predicted molar refractivity (Wildman–Crippen MR) is 110 cm³/mol. The second-order valence-corrected chi connectivity index (χ2v) is 8.18. The Morgan fingerprint density at radius 1 is 1.15 bits per heavy atom. The van der Waals surface area contributed by atoms with Crippen molar-refractivity contribution in [1.82, 2.24) is 0 Å². The lowest BCUT2D eigenvalue weighted by Crippen LogP contribution is -2.14. The van der Waals surface area contributed by atoms with E-state index in [9.17, 15) is 14.4 Å². The van der Waals surface area contributed by atoms with E-state index in [2.05, 4.69) is 5.32 Å². The molecule has 3 rings (SSSR count). The number of halogens is 1. The van der Waals surface area contributed by atoms with E-state index in [0.29, 0.717) is 20.3 Å². The minimum Gasteiger partial charge on any atom is -0.462 e. The van der Waals surface area contributed by atoms with Crippen molar-refractivity contribution in [2.45, 2.75) is 20.8 Å².